The molecule has 22 heavy (non-hydrogen) atoms. The fourth-order valence-electron chi connectivity index (χ4n) is 3.37. The third-order valence-corrected chi connectivity index (χ3v) is 4.39. The molecule has 0 N–H and O–H groups in total. The number of allylic oxidation sites excluding steroid dienone is 2. The second-order valence-electron chi connectivity index (χ2n) is 5.57. The lowest BCUT2D eigenvalue weighted by Crippen LogP contribution is -2.31. The summed E-state index contributed by atoms with van der Waals surface area (Å²) in [7, 11) is 1.35. The lowest BCUT2D eigenvalue weighted by molar-refractivity contribution is -0.114. The van der Waals surface area contributed by atoms with Crippen LogP contribution in [0.3, 0.4) is 0 Å². The zero-order chi connectivity index (χ0) is 15.3. The predicted molar refractivity (Wildman–Crippen MR) is 75.8 cm³/mol. The van der Waals surface area contributed by atoms with Gasteiger partial charge in [0.15, 0.2) is 17.3 Å². The molecule has 3 aliphatic rings. The van der Waals surface area contributed by atoms with Gasteiger partial charge in [0.1, 0.15) is 0 Å². The zero-order valence-corrected chi connectivity index (χ0v) is 12.1. The summed E-state index contributed by atoms with van der Waals surface area (Å²) in [6, 6.07) is 3.90. The highest BCUT2D eigenvalue weighted by Crippen LogP contribution is 2.44. The fraction of sp³-hybridized carbons (Fsp3) is 0.375. The Labute approximate surface area is 127 Å². The summed E-state index contributed by atoms with van der Waals surface area (Å²) in [5.41, 5.74) is 2.84. The van der Waals surface area contributed by atoms with Gasteiger partial charge in [-0.2, -0.15) is 0 Å². The summed E-state index contributed by atoms with van der Waals surface area (Å²) in [5, 5.41) is 0. The Kier molecular flexibility index (Phi) is 2.85. The highest BCUT2D eigenvalue weighted by Gasteiger charge is 2.37. The first kappa shape index (κ1) is 13.2. The SMILES string of the molecule is COC(=O)N1CCc2cc3c(cc2[C@@H]2CC(=O)C=C21)OCO3. The summed E-state index contributed by atoms with van der Waals surface area (Å²) in [5.74, 6) is 1.32. The lowest BCUT2D eigenvalue weighted by atomic mass is 9.91. The van der Waals surface area contributed by atoms with E-state index >= 15 is 0 Å². The highest BCUT2D eigenvalue weighted by atomic mass is 16.7. The number of rotatable bonds is 0. The average molecular weight is 301 g/mol. The topological polar surface area (TPSA) is 65.1 Å². The highest BCUT2D eigenvalue weighted by molar-refractivity contribution is 5.95. The molecule has 1 aromatic carbocycles. The van der Waals surface area contributed by atoms with E-state index in [1.807, 2.05) is 12.1 Å². The Hall–Kier alpha value is -2.50. The first-order chi connectivity index (χ1) is 10.7. The van der Waals surface area contributed by atoms with Crippen LogP contribution >= 0.6 is 0 Å². The molecule has 4 rings (SSSR count). The normalized spacial score (nSPS) is 21.9. The van der Waals surface area contributed by atoms with E-state index in [-0.39, 0.29) is 18.5 Å². The third kappa shape index (κ3) is 1.87. The van der Waals surface area contributed by atoms with Gasteiger partial charge in [-0.05, 0) is 29.7 Å². The van der Waals surface area contributed by atoms with Crippen LogP contribution in [-0.2, 0) is 16.0 Å². The second kappa shape index (κ2) is 4.76. The van der Waals surface area contributed by atoms with Gasteiger partial charge in [0.25, 0.3) is 0 Å². The van der Waals surface area contributed by atoms with E-state index < -0.39 is 6.09 Å². The maximum absolute atomic E-state index is 12.0. The molecule has 0 saturated heterocycles. The minimum Gasteiger partial charge on any atom is -0.454 e. The predicted octanol–water partition coefficient (Wildman–Crippen LogP) is 1.98. The van der Waals surface area contributed by atoms with Crippen molar-refractivity contribution in [2.45, 2.75) is 18.8 Å². The Morgan fingerprint density at radius 2 is 2.09 bits per heavy atom. The van der Waals surface area contributed by atoms with Crippen LogP contribution in [0, 0.1) is 0 Å². The largest absolute Gasteiger partial charge is 0.454 e. The van der Waals surface area contributed by atoms with Gasteiger partial charge in [-0.25, -0.2) is 4.79 Å². The molecule has 0 unspecified atom stereocenters. The molecule has 1 aromatic rings. The molecular weight excluding hydrogens is 286 g/mol. The number of ketones is 1. The number of benzene rings is 1. The van der Waals surface area contributed by atoms with Crippen molar-refractivity contribution >= 4 is 11.9 Å². The van der Waals surface area contributed by atoms with Crippen molar-refractivity contribution in [2.75, 3.05) is 20.4 Å². The summed E-state index contributed by atoms with van der Waals surface area (Å²) >= 11 is 0. The average Bonchev–Trinajstić information content (AvgIpc) is 3.09. The van der Waals surface area contributed by atoms with Crippen molar-refractivity contribution in [2.24, 2.45) is 0 Å². The minimum absolute atomic E-state index is 0.0272. The van der Waals surface area contributed by atoms with Gasteiger partial charge in [0.2, 0.25) is 6.79 Å². The quantitative estimate of drug-likeness (QED) is 0.733. The smallest absolute Gasteiger partial charge is 0.413 e. The first-order valence-corrected chi connectivity index (χ1v) is 7.19. The number of amides is 1. The molecule has 6 nitrogen and oxygen atoms in total. The molecule has 0 spiro atoms. The molecule has 0 bridgehead atoms. The molecule has 0 saturated carbocycles. The molecule has 6 heteroatoms. The molecular formula is C16H15NO5. The summed E-state index contributed by atoms with van der Waals surface area (Å²) in [6.07, 6.45) is 2.18. The molecule has 114 valence electrons. The van der Waals surface area contributed by atoms with Gasteiger partial charge in [0, 0.05) is 30.7 Å². The van der Waals surface area contributed by atoms with E-state index in [9.17, 15) is 9.59 Å². The standard InChI is InChI=1S/C16H15NO5/c1-20-16(19)17-3-2-9-4-14-15(22-8-21-14)7-11(9)12-5-10(18)6-13(12)17/h4,6-7,12H,2-3,5,8H2,1H3/t12-/m0/s1. The molecule has 1 amide bonds. The van der Waals surface area contributed by atoms with Gasteiger partial charge in [-0.3, -0.25) is 9.69 Å². The Morgan fingerprint density at radius 3 is 2.86 bits per heavy atom. The summed E-state index contributed by atoms with van der Waals surface area (Å²) in [4.78, 5) is 25.5. The van der Waals surface area contributed by atoms with E-state index in [1.165, 1.54) is 7.11 Å². The molecule has 0 radical (unpaired) electrons. The number of carbonyl (C=O) groups is 2. The number of hydrogen-bond donors (Lipinski definition) is 0. The third-order valence-electron chi connectivity index (χ3n) is 4.39. The Morgan fingerprint density at radius 1 is 1.32 bits per heavy atom. The van der Waals surface area contributed by atoms with Crippen molar-refractivity contribution in [1.82, 2.24) is 4.90 Å². The summed E-state index contributed by atoms with van der Waals surface area (Å²) in [6.45, 7) is 0.702. The molecule has 1 aliphatic carbocycles. The molecule has 1 atom stereocenters. The number of hydrogen-bond acceptors (Lipinski definition) is 5. The Bertz CT molecular complexity index is 709. The summed E-state index contributed by atoms with van der Waals surface area (Å²) < 4.78 is 15.7. The minimum atomic E-state index is -0.432. The monoisotopic (exact) mass is 301 g/mol. The number of fused-ring (bicyclic) bond motifs is 4. The number of nitrogens with zero attached hydrogens (tertiary/aromatic N) is 1. The van der Waals surface area contributed by atoms with Crippen LogP contribution in [0.4, 0.5) is 4.79 Å². The van der Waals surface area contributed by atoms with E-state index in [0.717, 1.165) is 22.6 Å². The first-order valence-electron chi connectivity index (χ1n) is 7.19. The molecule has 2 heterocycles. The van der Waals surface area contributed by atoms with E-state index in [1.54, 1.807) is 11.0 Å². The maximum Gasteiger partial charge on any atom is 0.413 e. The van der Waals surface area contributed by atoms with Gasteiger partial charge >= 0.3 is 6.09 Å². The van der Waals surface area contributed by atoms with Crippen LogP contribution in [-0.4, -0.2) is 37.2 Å². The van der Waals surface area contributed by atoms with E-state index in [4.69, 9.17) is 14.2 Å². The van der Waals surface area contributed by atoms with Crippen LogP contribution in [0.1, 0.15) is 23.5 Å². The van der Waals surface area contributed by atoms with Gasteiger partial charge in [-0.15, -0.1) is 0 Å². The molecule has 0 fully saturated rings. The number of ether oxygens (including phenoxy) is 3. The lowest BCUT2D eigenvalue weighted by Gasteiger charge is -2.23. The fourth-order valence-corrected chi connectivity index (χ4v) is 3.37. The number of methoxy groups -OCH3 is 1. The van der Waals surface area contributed by atoms with Gasteiger partial charge < -0.3 is 14.2 Å². The van der Waals surface area contributed by atoms with Crippen LogP contribution in [0.25, 0.3) is 0 Å². The zero-order valence-electron chi connectivity index (χ0n) is 12.1. The molecule has 0 aromatic heterocycles. The van der Waals surface area contributed by atoms with E-state index in [0.29, 0.717) is 25.1 Å². The van der Waals surface area contributed by atoms with Gasteiger partial charge in [0.05, 0.1) is 7.11 Å². The van der Waals surface area contributed by atoms with Crippen LogP contribution in [0.15, 0.2) is 23.9 Å². The maximum atomic E-state index is 12.0. The van der Waals surface area contributed by atoms with E-state index in [2.05, 4.69) is 0 Å². The van der Waals surface area contributed by atoms with Crippen LogP contribution in [0.5, 0.6) is 11.5 Å². The number of carbonyl (C=O) groups excluding carboxylic acids is 2. The molecule has 2 aliphatic heterocycles. The second-order valence-corrected chi connectivity index (χ2v) is 5.57. The van der Waals surface area contributed by atoms with Crippen LogP contribution < -0.4 is 9.47 Å². The van der Waals surface area contributed by atoms with Crippen molar-refractivity contribution in [3.05, 3.63) is 35.0 Å². The van der Waals surface area contributed by atoms with Crippen molar-refractivity contribution in [3.8, 4) is 11.5 Å². The van der Waals surface area contributed by atoms with Crippen molar-refractivity contribution < 1.29 is 23.8 Å². The van der Waals surface area contributed by atoms with Crippen LogP contribution in [0.2, 0.25) is 0 Å². The Balaban J connectivity index is 1.82. The van der Waals surface area contributed by atoms with Gasteiger partial charge in [-0.1, -0.05) is 0 Å². The van der Waals surface area contributed by atoms with Crippen molar-refractivity contribution in [3.63, 3.8) is 0 Å². The van der Waals surface area contributed by atoms with Crippen molar-refractivity contribution in [1.29, 1.82) is 0 Å².